The van der Waals surface area contributed by atoms with Gasteiger partial charge in [0.2, 0.25) is 0 Å². The second-order valence-corrected chi connectivity index (χ2v) is 5.44. The molecule has 0 spiro atoms. The number of pyridine rings is 2. The molecular weight excluding hydrogens is 280 g/mol. The van der Waals surface area contributed by atoms with E-state index in [-0.39, 0.29) is 0 Å². The fourth-order valence-corrected chi connectivity index (χ4v) is 2.94. The summed E-state index contributed by atoms with van der Waals surface area (Å²) in [5, 5.41) is 3.39. The minimum absolute atomic E-state index is 0.488. The Morgan fingerprint density at radius 3 is 2.82 bits per heavy atom. The molecule has 2 aliphatic heterocycles. The van der Waals surface area contributed by atoms with E-state index in [4.69, 9.17) is 9.47 Å². The van der Waals surface area contributed by atoms with E-state index in [0.717, 1.165) is 54.8 Å². The highest BCUT2D eigenvalue weighted by Crippen LogP contribution is 2.37. The maximum absolute atomic E-state index is 6.01. The van der Waals surface area contributed by atoms with E-state index in [0.29, 0.717) is 6.61 Å². The van der Waals surface area contributed by atoms with Crippen molar-refractivity contribution in [3.05, 3.63) is 35.8 Å². The molecule has 2 aromatic rings. The van der Waals surface area contributed by atoms with Crippen molar-refractivity contribution in [3.63, 3.8) is 0 Å². The highest BCUT2D eigenvalue weighted by molar-refractivity contribution is 5.73. The quantitative estimate of drug-likeness (QED) is 0.871. The topological polar surface area (TPSA) is 59.5 Å². The van der Waals surface area contributed by atoms with Crippen LogP contribution in [0.15, 0.2) is 24.5 Å². The van der Waals surface area contributed by atoms with Crippen molar-refractivity contribution >= 4 is 17.2 Å². The Labute approximate surface area is 129 Å². The van der Waals surface area contributed by atoms with Crippen LogP contribution in [0.1, 0.15) is 11.3 Å². The predicted octanol–water partition coefficient (Wildman–Crippen LogP) is 2.26. The smallest absolute Gasteiger partial charge is 0.164 e. The molecule has 6 nitrogen and oxygen atoms in total. The molecule has 2 aliphatic rings. The normalized spacial score (nSPS) is 16.9. The summed E-state index contributed by atoms with van der Waals surface area (Å²) in [4.78, 5) is 11.1. The van der Waals surface area contributed by atoms with Gasteiger partial charge in [0.25, 0.3) is 0 Å². The Morgan fingerprint density at radius 1 is 1.14 bits per heavy atom. The minimum Gasteiger partial charge on any atom is -0.485 e. The first kappa shape index (κ1) is 13.3. The molecule has 0 amide bonds. The van der Waals surface area contributed by atoms with Crippen LogP contribution in [0.5, 0.6) is 5.75 Å². The first-order valence-corrected chi connectivity index (χ1v) is 7.49. The van der Waals surface area contributed by atoms with E-state index in [1.54, 1.807) is 6.20 Å². The molecule has 22 heavy (non-hydrogen) atoms. The summed E-state index contributed by atoms with van der Waals surface area (Å²) in [5.74, 6) is 1.65. The summed E-state index contributed by atoms with van der Waals surface area (Å²) in [6.45, 7) is 5.74. The molecule has 1 N–H and O–H groups in total. The van der Waals surface area contributed by atoms with Crippen LogP contribution < -0.4 is 15.0 Å². The molecule has 114 valence electrons. The first-order valence-electron chi connectivity index (χ1n) is 7.49. The fraction of sp³-hybridized carbons (Fsp3) is 0.375. The Hall–Kier alpha value is -2.34. The van der Waals surface area contributed by atoms with Gasteiger partial charge in [-0.3, -0.25) is 4.98 Å². The van der Waals surface area contributed by atoms with E-state index in [9.17, 15) is 0 Å². The van der Waals surface area contributed by atoms with Gasteiger partial charge in [-0.2, -0.15) is 0 Å². The molecule has 0 unspecified atom stereocenters. The molecule has 0 aromatic carbocycles. The zero-order chi connectivity index (χ0) is 14.9. The maximum Gasteiger partial charge on any atom is 0.164 e. The lowest BCUT2D eigenvalue weighted by Gasteiger charge is -2.30. The van der Waals surface area contributed by atoms with E-state index in [1.807, 2.05) is 19.2 Å². The summed E-state index contributed by atoms with van der Waals surface area (Å²) in [6, 6.07) is 3.97. The lowest BCUT2D eigenvalue weighted by molar-refractivity contribution is 0.122. The standard InChI is InChI=1S/C16H18N4O2/c1-11-15-13(2-4-17-11)19-16-12(10-22-15)14(3-5-18-16)20-6-8-21-9-7-20/h2-5H,6-10H2,1H3,(H,18,19). The van der Waals surface area contributed by atoms with Crippen LogP contribution in [-0.2, 0) is 11.3 Å². The largest absolute Gasteiger partial charge is 0.485 e. The number of aryl methyl sites for hydroxylation is 1. The highest BCUT2D eigenvalue weighted by Gasteiger charge is 2.22. The number of fused-ring (bicyclic) bond motifs is 2. The molecule has 4 heterocycles. The van der Waals surface area contributed by atoms with Crippen molar-refractivity contribution < 1.29 is 9.47 Å². The lowest BCUT2D eigenvalue weighted by Crippen LogP contribution is -2.37. The van der Waals surface area contributed by atoms with E-state index in [2.05, 4.69) is 26.3 Å². The molecule has 0 radical (unpaired) electrons. The van der Waals surface area contributed by atoms with Gasteiger partial charge in [0.15, 0.2) is 5.75 Å². The van der Waals surface area contributed by atoms with Crippen LogP contribution in [0.3, 0.4) is 0 Å². The molecule has 1 fully saturated rings. The van der Waals surface area contributed by atoms with Gasteiger partial charge in [0, 0.05) is 31.2 Å². The van der Waals surface area contributed by atoms with Gasteiger partial charge in [0.05, 0.1) is 30.2 Å². The van der Waals surface area contributed by atoms with Crippen LogP contribution in [0.4, 0.5) is 17.2 Å². The Bertz CT molecular complexity index is 699. The van der Waals surface area contributed by atoms with Gasteiger partial charge in [-0.1, -0.05) is 0 Å². The van der Waals surface area contributed by atoms with Crippen molar-refractivity contribution in [1.29, 1.82) is 0 Å². The van der Waals surface area contributed by atoms with Gasteiger partial charge in [-0.25, -0.2) is 4.98 Å². The van der Waals surface area contributed by atoms with Crippen molar-refractivity contribution in [2.45, 2.75) is 13.5 Å². The van der Waals surface area contributed by atoms with Crippen molar-refractivity contribution in [2.75, 3.05) is 36.5 Å². The van der Waals surface area contributed by atoms with Gasteiger partial charge in [-0.15, -0.1) is 0 Å². The zero-order valence-electron chi connectivity index (χ0n) is 12.5. The van der Waals surface area contributed by atoms with Gasteiger partial charge >= 0.3 is 0 Å². The number of hydrogen-bond acceptors (Lipinski definition) is 6. The molecule has 0 aliphatic carbocycles. The third kappa shape index (κ3) is 2.25. The molecule has 0 atom stereocenters. The highest BCUT2D eigenvalue weighted by atomic mass is 16.5. The second-order valence-electron chi connectivity index (χ2n) is 5.44. The third-order valence-electron chi connectivity index (χ3n) is 4.08. The number of anilines is 3. The Morgan fingerprint density at radius 2 is 1.95 bits per heavy atom. The maximum atomic E-state index is 6.01. The fourth-order valence-electron chi connectivity index (χ4n) is 2.94. The van der Waals surface area contributed by atoms with E-state index >= 15 is 0 Å². The van der Waals surface area contributed by atoms with Crippen LogP contribution in [0, 0.1) is 6.92 Å². The molecule has 0 bridgehead atoms. The number of morpholine rings is 1. The second kappa shape index (κ2) is 5.46. The number of rotatable bonds is 1. The number of ether oxygens (including phenoxy) is 2. The summed E-state index contributed by atoms with van der Waals surface area (Å²) in [7, 11) is 0. The van der Waals surface area contributed by atoms with Gasteiger partial charge in [-0.05, 0) is 19.1 Å². The molecular formula is C16H18N4O2. The van der Waals surface area contributed by atoms with Crippen molar-refractivity contribution in [3.8, 4) is 5.75 Å². The average molecular weight is 298 g/mol. The summed E-state index contributed by atoms with van der Waals surface area (Å²) in [5.41, 5.74) is 4.04. The number of aromatic nitrogens is 2. The number of nitrogens with zero attached hydrogens (tertiary/aromatic N) is 3. The molecule has 1 saturated heterocycles. The van der Waals surface area contributed by atoms with Crippen LogP contribution in [0.25, 0.3) is 0 Å². The van der Waals surface area contributed by atoms with Crippen LogP contribution in [-0.4, -0.2) is 36.3 Å². The van der Waals surface area contributed by atoms with Crippen LogP contribution >= 0.6 is 0 Å². The Balaban J connectivity index is 1.74. The zero-order valence-corrected chi connectivity index (χ0v) is 12.5. The van der Waals surface area contributed by atoms with Crippen LogP contribution in [0.2, 0.25) is 0 Å². The summed E-state index contributed by atoms with van der Waals surface area (Å²) < 4.78 is 11.5. The van der Waals surface area contributed by atoms with Crippen molar-refractivity contribution in [1.82, 2.24) is 9.97 Å². The molecule has 4 rings (SSSR count). The number of hydrogen-bond donors (Lipinski definition) is 1. The van der Waals surface area contributed by atoms with Crippen molar-refractivity contribution in [2.24, 2.45) is 0 Å². The lowest BCUT2D eigenvalue weighted by atomic mass is 10.2. The van der Waals surface area contributed by atoms with Gasteiger partial charge in [0.1, 0.15) is 12.4 Å². The van der Waals surface area contributed by atoms with E-state index < -0.39 is 0 Å². The third-order valence-corrected chi connectivity index (χ3v) is 4.08. The van der Waals surface area contributed by atoms with Gasteiger partial charge < -0.3 is 19.7 Å². The first-order chi connectivity index (χ1) is 10.8. The number of nitrogens with one attached hydrogen (secondary N) is 1. The summed E-state index contributed by atoms with van der Waals surface area (Å²) in [6.07, 6.45) is 3.62. The average Bonchev–Trinajstić information content (AvgIpc) is 2.75. The molecule has 2 aromatic heterocycles. The van der Waals surface area contributed by atoms with E-state index in [1.165, 1.54) is 5.69 Å². The minimum atomic E-state index is 0.488. The predicted molar refractivity (Wildman–Crippen MR) is 83.9 cm³/mol. The molecule has 0 saturated carbocycles. The Kier molecular flexibility index (Phi) is 3.31. The monoisotopic (exact) mass is 298 g/mol. The SMILES string of the molecule is Cc1nccc2c1OCc1c(N3CCOCC3)ccnc1N2. The molecule has 6 heteroatoms. The summed E-state index contributed by atoms with van der Waals surface area (Å²) >= 11 is 0.